The van der Waals surface area contributed by atoms with Crippen LogP contribution in [0.3, 0.4) is 0 Å². The zero-order valence-electron chi connectivity index (χ0n) is 11.0. The van der Waals surface area contributed by atoms with Gasteiger partial charge in [0.15, 0.2) is 0 Å². The quantitative estimate of drug-likeness (QED) is 0.641. The van der Waals surface area contributed by atoms with Crippen LogP contribution in [0, 0.1) is 0 Å². The molecule has 6 nitrogen and oxygen atoms in total. The van der Waals surface area contributed by atoms with E-state index in [-0.39, 0.29) is 23.4 Å². The number of phenols is 1. The Bertz CT molecular complexity index is 698. The maximum absolute atomic E-state index is 12.0. The third-order valence-corrected chi connectivity index (χ3v) is 2.82. The molecule has 0 saturated heterocycles. The standard InChI is InChI=1S/C15H14N2O4/c16-10-4-5-12(15(20)21)13(8-10)17-14(19)7-9-2-1-3-11(18)6-9/h1-6,8,18H,7,16H2,(H,17,19)(H,20,21). The summed E-state index contributed by atoms with van der Waals surface area (Å²) < 4.78 is 0. The number of aromatic carboxylic acids is 1. The fourth-order valence-electron chi connectivity index (χ4n) is 1.90. The van der Waals surface area contributed by atoms with Crippen LogP contribution in [0.25, 0.3) is 0 Å². The zero-order chi connectivity index (χ0) is 15.4. The van der Waals surface area contributed by atoms with Gasteiger partial charge < -0.3 is 21.3 Å². The summed E-state index contributed by atoms with van der Waals surface area (Å²) in [6.07, 6.45) is 0.0161. The van der Waals surface area contributed by atoms with Gasteiger partial charge in [-0.1, -0.05) is 12.1 Å². The number of carbonyl (C=O) groups excluding carboxylic acids is 1. The largest absolute Gasteiger partial charge is 0.508 e. The van der Waals surface area contributed by atoms with Crippen LogP contribution < -0.4 is 11.1 Å². The highest BCUT2D eigenvalue weighted by molar-refractivity contribution is 6.01. The second-order valence-electron chi connectivity index (χ2n) is 4.51. The molecular weight excluding hydrogens is 272 g/mol. The Balaban J connectivity index is 2.16. The van der Waals surface area contributed by atoms with E-state index in [0.29, 0.717) is 11.3 Å². The fraction of sp³-hybridized carbons (Fsp3) is 0.0667. The fourth-order valence-corrected chi connectivity index (χ4v) is 1.90. The SMILES string of the molecule is Nc1ccc(C(=O)O)c(NC(=O)Cc2cccc(O)c2)c1. The van der Waals surface area contributed by atoms with Gasteiger partial charge in [-0.25, -0.2) is 4.79 Å². The normalized spacial score (nSPS) is 10.1. The number of carboxylic acid groups (broad SMARTS) is 1. The first-order valence-electron chi connectivity index (χ1n) is 6.16. The van der Waals surface area contributed by atoms with Crippen LogP contribution in [0.15, 0.2) is 42.5 Å². The van der Waals surface area contributed by atoms with Gasteiger partial charge in [-0.3, -0.25) is 4.79 Å². The first-order valence-corrected chi connectivity index (χ1v) is 6.16. The molecule has 0 bridgehead atoms. The molecule has 5 N–H and O–H groups in total. The Morgan fingerprint density at radius 3 is 2.57 bits per heavy atom. The smallest absolute Gasteiger partial charge is 0.337 e. The van der Waals surface area contributed by atoms with E-state index >= 15 is 0 Å². The average molecular weight is 286 g/mol. The van der Waals surface area contributed by atoms with Crippen molar-refractivity contribution in [3.05, 3.63) is 53.6 Å². The maximum atomic E-state index is 12.0. The highest BCUT2D eigenvalue weighted by atomic mass is 16.4. The molecule has 0 unspecified atom stereocenters. The average Bonchev–Trinajstić information content (AvgIpc) is 2.38. The van der Waals surface area contributed by atoms with E-state index in [2.05, 4.69) is 5.32 Å². The van der Waals surface area contributed by atoms with E-state index in [1.165, 1.54) is 30.3 Å². The van der Waals surface area contributed by atoms with Gasteiger partial charge in [0.25, 0.3) is 0 Å². The molecule has 108 valence electrons. The minimum Gasteiger partial charge on any atom is -0.508 e. The monoisotopic (exact) mass is 286 g/mol. The molecule has 21 heavy (non-hydrogen) atoms. The van der Waals surface area contributed by atoms with Gasteiger partial charge in [0.2, 0.25) is 5.91 Å². The van der Waals surface area contributed by atoms with Crippen molar-refractivity contribution >= 4 is 23.3 Å². The summed E-state index contributed by atoms with van der Waals surface area (Å²) in [5.41, 5.74) is 6.68. The molecule has 1 amide bonds. The lowest BCUT2D eigenvalue weighted by Crippen LogP contribution is -2.17. The van der Waals surface area contributed by atoms with Crippen molar-refractivity contribution in [3.63, 3.8) is 0 Å². The topological polar surface area (TPSA) is 113 Å². The lowest BCUT2D eigenvalue weighted by Gasteiger charge is -2.09. The summed E-state index contributed by atoms with van der Waals surface area (Å²) in [5.74, 6) is -1.48. The Morgan fingerprint density at radius 1 is 1.14 bits per heavy atom. The lowest BCUT2D eigenvalue weighted by molar-refractivity contribution is -0.115. The molecule has 0 aromatic heterocycles. The minimum absolute atomic E-state index is 0.0161. The number of carbonyl (C=O) groups is 2. The first kappa shape index (κ1) is 14.4. The van der Waals surface area contributed by atoms with Crippen LogP contribution >= 0.6 is 0 Å². The summed E-state index contributed by atoms with van der Waals surface area (Å²) in [4.78, 5) is 23.0. The second-order valence-corrected chi connectivity index (χ2v) is 4.51. The number of rotatable bonds is 4. The summed E-state index contributed by atoms with van der Waals surface area (Å²) in [6, 6.07) is 10.5. The van der Waals surface area contributed by atoms with E-state index in [0.717, 1.165) is 0 Å². The molecule has 2 aromatic rings. The number of nitrogens with two attached hydrogens (primary N) is 1. The van der Waals surface area contributed by atoms with Gasteiger partial charge in [-0.2, -0.15) is 0 Å². The number of nitrogens with one attached hydrogen (secondary N) is 1. The molecule has 0 saturated carbocycles. The molecule has 0 aliphatic carbocycles. The molecule has 0 heterocycles. The minimum atomic E-state index is -1.15. The Kier molecular flexibility index (Phi) is 4.08. The maximum Gasteiger partial charge on any atom is 0.337 e. The number of benzene rings is 2. The van der Waals surface area contributed by atoms with Gasteiger partial charge in [0, 0.05) is 5.69 Å². The van der Waals surface area contributed by atoms with Crippen molar-refractivity contribution in [1.29, 1.82) is 0 Å². The number of anilines is 2. The number of hydrogen-bond acceptors (Lipinski definition) is 4. The molecule has 2 rings (SSSR count). The van der Waals surface area contributed by atoms with Crippen molar-refractivity contribution in [2.24, 2.45) is 0 Å². The van der Waals surface area contributed by atoms with Crippen molar-refractivity contribution in [2.45, 2.75) is 6.42 Å². The predicted molar refractivity (Wildman–Crippen MR) is 78.3 cm³/mol. The van der Waals surface area contributed by atoms with Gasteiger partial charge >= 0.3 is 5.97 Å². The molecule has 0 fully saturated rings. The van der Waals surface area contributed by atoms with Gasteiger partial charge in [0.1, 0.15) is 5.75 Å². The van der Waals surface area contributed by atoms with E-state index in [4.69, 9.17) is 10.8 Å². The van der Waals surface area contributed by atoms with Crippen molar-refractivity contribution in [3.8, 4) is 5.75 Å². The predicted octanol–water partition coefficient (Wildman–Crippen LogP) is 1.85. The van der Waals surface area contributed by atoms with E-state index in [1.54, 1.807) is 12.1 Å². The molecule has 0 aliphatic rings. The molecule has 0 atom stereocenters. The van der Waals surface area contributed by atoms with E-state index < -0.39 is 11.9 Å². The molecular formula is C15H14N2O4. The van der Waals surface area contributed by atoms with Gasteiger partial charge in [0.05, 0.1) is 17.7 Å². The van der Waals surface area contributed by atoms with E-state index in [1.807, 2.05) is 0 Å². The summed E-state index contributed by atoms with van der Waals surface area (Å²) in [7, 11) is 0. The molecule has 2 aromatic carbocycles. The first-order chi connectivity index (χ1) is 9.95. The lowest BCUT2D eigenvalue weighted by atomic mass is 10.1. The highest BCUT2D eigenvalue weighted by Crippen LogP contribution is 2.20. The highest BCUT2D eigenvalue weighted by Gasteiger charge is 2.13. The van der Waals surface area contributed by atoms with Crippen LogP contribution in [0.4, 0.5) is 11.4 Å². The summed E-state index contributed by atoms with van der Waals surface area (Å²) >= 11 is 0. The van der Waals surface area contributed by atoms with Crippen molar-refractivity contribution < 1.29 is 19.8 Å². The molecule has 0 radical (unpaired) electrons. The number of hydrogen-bond donors (Lipinski definition) is 4. The van der Waals surface area contributed by atoms with Crippen LogP contribution in [0.1, 0.15) is 15.9 Å². The third-order valence-electron chi connectivity index (χ3n) is 2.82. The Morgan fingerprint density at radius 2 is 1.90 bits per heavy atom. The number of aromatic hydroxyl groups is 1. The molecule has 0 aliphatic heterocycles. The third kappa shape index (κ3) is 3.73. The number of carboxylic acids is 1. The summed E-state index contributed by atoms with van der Waals surface area (Å²) in [6.45, 7) is 0. The Hall–Kier alpha value is -3.02. The van der Waals surface area contributed by atoms with E-state index in [9.17, 15) is 14.7 Å². The zero-order valence-corrected chi connectivity index (χ0v) is 11.0. The van der Waals surface area contributed by atoms with Crippen LogP contribution in [-0.4, -0.2) is 22.1 Å². The number of amides is 1. The molecule has 6 heteroatoms. The molecule has 0 spiro atoms. The number of phenolic OH excluding ortho intramolecular Hbond substituents is 1. The van der Waals surface area contributed by atoms with Gasteiger partial charge in [-0.15, -0.1) is 0 Å². The van der Waals surface area contributed by atoms with Crippen molar-refractivity contribution in [2.75, 3.05) is 11.1 Å². The van der Waals surface area contributed by atoms with Crippen LogP contribution in [-0.2, 0) is 11.2 Å². The van der Waals surface area contributed by atoms with Crippen LogP contribution in [0.5, 0.6) is 5.75 Å². The Labute approximate surface area is 120 Å². The van der Waals surface area contributed by atoms with Gasteiger partial charge in [-0.05, 0) is 35.9 Å². The van der Waals surface area contributed by atoms with Crippen LogP contribution in [0.2, 0.25) is 0 Å². The summed E-state index contributed by atoms with van der Waals surface area (Å²) in [5, 5.41) is 20.9. The second kappa shape index (κ2) is 5.96. The number of nitrogen functional groups attached to an aromatic ring is 1. The van der Waals surface area contributed by atoms with Crippen molar-refractivity contribution in [1.82, 2.24) is 0 Å².